The molecule has 0 fully saturated rings. The van der Waals surface area contributed by atoms with Gasteiger partial charge >= 0.3 is 0 Å². The minimum atomic E-state index is 0.282. The number of hydrogen-bond acceptors (Lipinski definition) is 0. The maximum atomic E-state index is 2.37. The fourth-order valence-corrected chi connectivity index (χ4v) is 3.66. The molecule has 190 valence electrons. The zero-order chi connectivity index (χ0) is 26.7. The minimum Gasteiger partial charge on any atom is -0.0683 e. The summed E-state index contributed by atoms with van der Waals surface area (Å²) in [6.45, 7) is 27.6. The van der Waals surface area contributed by atoms with E-state index in [1.807, 2.05) is 41.5 Å². The van der Waals surface area contributed by atoms with E-state index in [4.69, 9.17) is 0 Å². The average molecular weight is 463 g/mol. The van der Waals surface area contributed by atoms with E-state index in [1.165, 1.54) is 33.4 Å². The molecule has 0 heteroatoms. The molecule has 34 heavy (non-hydrogen) atoms. The molecular formula is C34H54. The van der Waals surface area contributed by atoms with Gasteiger partial charge in [0.1, 0.15) is 0 Å². The number of aryl methyl sites for hydroxylation is 1. The molecule has 0 atom stereocenters. The highest BCUT2D eigenvalue weighted by Gasteiger charge is 2.20. The van der Waals surface area contributed by atoms with Crippen molar-refractivity contribution in [3.63, 3.8) is 0 Å². The normalized spacial score (nSPS) is 9.53. The minimum absolute atomic E-state index is 0.282. The van der Waals surface area contributed by atoms with Gasteiger partial charge in [-0.15, -0.1) is 0 Å². The van der Waals surface area contributed by atoms with Crippen molar-refractivity contribution in [1.29, 1.82) is 0 Å². The molecule has 0 spiro atoms. The Morgan fingerprint density at radius 1 is 0.500 bits per heavy atom. The smallest absolute Gasteiger partial charge is 0.0342 e. The van der Waals surface area contributed by atoms with E-state index < -0.39 is 0 Å². The average Bonchev–Trinajstić information content (AvgIpc) is 2.86. The van der Waals surface area contributed by atoms with Gasteiger partial charge in [-0.05, 0) is 53.5 Å². The predicted molar refractivity (Wildman–Crippen MR) is 158 cm³/mol. The van der Waals surface area contributed by atoms with Crippen LogP contribution < -0.4 is 0 Å². The van der Waals surface area contributed by atoms with Crippen LogP contribution in [0.3, 0.4) is 0 Å². The second-order valence-electron chi connectivity index (χ2n) is 8.71. The summed E-state index contributed by atoms with van der Waals surface area (Å²) in [4.78, 5) is 0. The fraction of sp³-hybridized carbons (Fsp3) is 0.471. The van der Waals surface area contributed by atoms with Crippen LogP contribution in [0.2, 0.25) is 0 Å². The molecule has 0 aromatic heterocycles. The van der Waals surface area contributed by atoms with E-state index in [1.54, 1.807) is 0 Å². The van der Waals surface area contributed by atoms with Crippen LogP contribution in [0.15, 0.2) is 72.8 Å². The third kappa shape index (κ3) is 11.7. The topological polar surface area (TPSA) is 0 Å². The molecule has 0 nitrogen and oxygen atoms in total. The highest BCUT2D eigenvalue weighted by Crippen LogP contribution is 2.36. The standard InChI is InChI=1S/C24H26.C4H10.3C2H6/c1-17(2)22-15-18(3)16-23(19(22)4)24(20-11-7-5-8-12-20)21-13-9-6-10-14-21;1-4(2)3;3*1-2/h5-17,24H,1-4H3;4H,1-3H3;3*1-2H3. The Balaban J connectivity index is 0. The Bertz CT molecular complexity index is 800. The van der Waals surface area contributed by atoms with Gasteiger partial charge in [-0.3, -0.25) is 0 Å². The summed E-state index contributed by atoms with van der Waals surface area (Å²) in [6.07, 6.45) is 0. The lowest BCUT2D eigenvalue weighted by Crippen LogP contribution is -2.08. The van der Waals surface area contributed by atoms with E-state index >= 15 is 0 Å². The SMILES string of the molecule is CC.CC.CC.CC(C)C.Cc1cc(C(C)C)c(C)c(C(c2ccccc2)c2ccccc2)c1. The molecule has 0 aliphatic rings. The van der Waals surface area contributed by atoms with E-state index in [0.29, 0.717) is 5.92 Å². The van der Waals surface area contributed by atoms with Gasteiger partial charge in [-0.2, -0.15) is 0 Å². The molecule has 3 aromatic rings. The van der Waals surface area contributed by atoms with Crippen LogP contribution in [0.1, 0.15) is 121 Å². The summed E-state index contributed by atoms with van der Waals surface area (Å²) < 4.78 is 0. The Morgan fingerprint density at radius 2 is 0.824 bits per heavy atom. The largest absolute Gasteiger partial charge is 0.0683 e. The molecule has 0 unspecified atom stereocenters. The zero-order valence-corrected chi connectivity index (χ0v) is 24.7. The van der Waals surface area contributed by atoms with E-state index in [9.17, 15) is 0 Å². The van der Waals surface area contributed by atoms with Gasteiger partial charge in [0.25, 0.3) is 0 Å². The summed E-state index contributed by atoms with van der Waals surface area (Å²) in [5.74, 6) is 1.65. The molecular weight excluding hydrogens is 408 g/mol. The molecule has 0 bridgehead atoms. The lowest BCUT2D eigenvalue weighted by atomic mass is 9.80. The zero-order valence-electron chi connectivity index (χ0n) is 24.7. The van der Waals surface area contributed by atoms with Crippen LogP contribution in [0, 0.1) is 19.8 Å². The Labute approximate surface area is 213 Å². The maximum Gasteiger partial charge on any atom is 0.0342 e. The number of rotatable bonds is 4. The third-order valence-corrected chi connectivity index (χ3v) is 4.83. The molecule has 0 N–H and O–H groups in total. The number of benzene rings is 3. The summed E-state index contributed by atoms with van der Waals surface area (Å²) in [6, 6.07) is 26.4. The molecule has 3 rings (SSSR count). The van der Waals surface area contributed by atoms with Crippen LogP contribution >= 0.6 is 0 Å². The second kappa shape index (κ2) is 20.1. The first-order chi connectivity index (χ1) is 16.3. The van der Waals surface area contributed by atoms with Crippen molar-refractivity contribution in [2.75, 3.05) is 0 Å². The van der Waals surface area contributed by atoms with Crippen molar-refractivity contribution in [2.24, 2.45) is 5.92 Å². The van der Waals surface area contributed by atoms with Crippen molar-refractivity contribution in [1.82, 2.24) is 0 Å². The Morgan fingerprint density at radius 3 is 1.15 bits per heavy atom. The van der Waals surface area contributed by atoms with E-state index in [-0.39, 0.29) is 5.92 Å². The first kappa shape index (κ1) is 33.8. The second-order valence-corrected chi connectivity index (χ2v) is 8.71. The molecule has 0 radical (unpaired) electrons. The lowest BCUT2D eigenvalue weighted by Gasteiger charge is -2.24. The lowest BCUT2D eigenvalue weighted by molar-refractivity contribution is 0.737. The van der Waals surface area contributed by atoms with Crippen LogP contribution in [0.25, 0.3) is 0 Å². The molecule has 0 aliphatic heterocycles. The Kier molecular flexibility index (Phi) is 20.0. The van der Waals surface area contributed by atoms with Crippen molar-refractivity contribution >= 4 is 0 Å². The summed E-state index contributed by atoms with van der Waals surface area (Å²) in [5, 5.41) is 0. The van der Waals surface area contributed by atoms with Crippen LogP contribution in [-0.2, 0) is 0 Å². The van der Waals surface area contributed by atoms with Crippen LogP contribution in [0.4, 0.5) is 0 Å². The van der Waals surface area contributed by atoms with Crippen molar-refractivity contribution in [2.45, 2.75) is 102 Å². The van der Waals surface area contributed by atoms with E-state index in [2.05, 4.69) is 121 Å². The van der Waals surface area contributed by atoms with Gasteiger partial charge in [-0.25, -0.2) is 0 Å². The van der Waals surface area contributed by atoms with E-state index in [0.717, 1.165) is 5.92 Å². The first-order valence-corrected chi connectivity index (χ1v) is 13.5. The van der Waals surface area contributed by atoms with Gasteiger partial charge < -0.3 is 0 Å². The van der Waals surface area contributed by atoms with Crippen molar-refractivity contribution in [3.05, 3.63) is 106 Å². The molecule has 0 heterocycles. The monoisotopic (exact) mass is 462 g/mol. The quantitative estimate of drug-likeness (QED) is 0.338. The molecule has 0 saturated heterocycles. The third-order valence-electron chi connectivity index (χ3n) is 4.83. The molecule has 3 aromatic carbocycles. The maximum absolute atomic E-state index is 2.37. The highest BCUT2D eigenvalue weighted by molar-refractivity contribution is 5.50. The Hall–Kier alpha value is -2.34. The van der Waals surface area contributed by atoms with Crippen LogP contribution in [0.5, 0.6) is 0 Å². The number of hydrogen-bond donors (Lipinski definition) is 0. The molecule has 0 aliphatic carbocycles. The summed E-state index contributed by atoms with van der Waals surface area (Å²) in [7, 11) is 0. The summed E-state index contributed by atoms with van der Waals surface area (Å²) >= 11 is 0. The molecule has 0 saturated carbocycles. The van der Waals surface area contributed by atoms with Crippen LogP contribution in [-0.4, -0.2) is 0 Å². The van der Waals surface area contributed by atoms with Gasteiger partial charge in [0.05, 0.1) is 0 Å². The fourth-order valence-electron chi connectivity index (χ4n) is 3.66. The molecule has 0 amide bonds. The highest BCUT2D eigenvalue weighted by atomic mass is 14.2. The van der Waals surface area contributed by atoms with Gasteiger partial charge in [0, 0.05) is 5.92 Å². The summed E-state index contributed by atoms with van der Waals surface area (Å²) in [5.41, 5.74) is 8.36. The van der Waals surface area contributed by atoms with Gasteiger partial charge in [0.15, 0.2) is 0 Å². The van der Waals surface area contributed by atoms with Gasteiger partial charge in [0.2, 0.25) is 0 Å². The first-order valence-electron chi connectivity index (χ1n) is 13.5. The van der Waals surface area contributed by atoms with Crippen molar-refractivity contribution < 1.29 is 0 Å². The van der Waals surface area contributed by atoms with Gasteiger partial charge in [-0.1, -0.05) is 155 Å². The van der Waals surface area contributed by atoms with Crippen molar-refractivity contribution in [3.8, 4) is 0 Å². The predicted octanol–water partition coefficient (Wildman–Crippen LogP) is 11.3.